The first kappa shape index (κ1) is 19.6. The van der Waals surface area contributed by atoms with Crippen molar-refractivity contribution in [1.29, 1.82) is 0 Å². The van der Waals surface area contributed by atoms with E-state index in [0.717, 1.165) is 24.0 Å². The molecule has 2 heterocycles. The van der Waals surface area contributed by atoms with E-state index in [2.05, 4.69) is 19.2 Å². The summed E-state index contributed by atoms with van der Waals surface area (Å²) in [5.74, 6) is -0.263. The molecule has 1 aliphatic rings. The number of halogens is 1. The summed E-state index contributed by atoms with van der Waals surface area (Å²) in [6.45, 7) is 5.48. The van der Waals surface area contributed by atoms with Gasteiger partial charge in [-0.05, 0) is 54.2 Å². The summed E-state index contributed by atoms with van der Waals surface area (Å²) in [6, 6.07) is 16.2. The number of hydrogen-bond donors (Lipinski definition) is 1. The third kappa shape index (κ3) is 3.92. The Kier molecular flexibility index (Phi) is 5.67. The molecule has 1 N–H and O–H groups in total. The summed E-state index contributed by atoms with van der Waals surface area (Å²) in [5, 5.41) is 3.06. The number of urea groups is 1. The van der Waals surface area contributed by atoms with Crippen LogP contribution in [0.1, 0.15) is 45.0 Å². The number of rotatable bonds is 4. The Morgan fingerprint density at radius 3 is 2.59 bits per heavy atom. The third-order valence-corrected chi connectivity index (χ3v) is 6.84. The highest BCUT2D eigenvalue weighted by Gasteiger charge is 2.35. The van der Waals surface area contributed by atoms with Gasteiger partial charge in [0.2, 0.25) is 0 Å². The number of amides is 2. The van der Waals surface area contributed by atoms with Gasteiger partial charge in [0.15, 0.2) is 0 Å². The standard InChI is InChI=1S/C24H25FN2OS/c1-3-20-16(2)29-23-21(20)13-14-27(22(23)18-9-11-19(25)12-10-18)24(28)26-15-17-7-5-4-6-8-17/h4-12,22H,3,13-15H2,1-2H3,(H,26,28)/t22-/m0/s1. The van der Waals surface area contributed by atoms with E-state index in [1.54, 1.807) is 23.5 Å². The zero-order valence-corrected chi connectivity index (χ0v) is 17.6. The minimum atomic E-state index is -0.263. The maximum atomic E-state index is 13.5. The second kappa shape index (κ2) is 8.37. The van der Waals surface area contributed by atoms with E-state index in [0.29, 0.717) is 13.1 Å². The third-order valence-electron chi connectivity index (χ3n) is 5.60. The molecule has 0 bridgehead atoms. The Hall–Kier alpha value is -2.66. The number of carbonyl (C=O) groups excluding carboxylic acids is 1. The quantitative estimate of drug-likeness (QED) is 0.597. The number of benzene rings is 2. The summed E-state index contributed by atoms with van der Waals surface area (Å²) < 4.78 is 13.5. The van der Waals surface area contributed by atoms with Gasteiger partial charge in [0, 0.05) is 22.8 Å². The Balaban J connectivity index is 1.66. The number of nitrogens with zero attached hydrogens (tertiary/aromatic N) is 1. The van der Waals surface area contributed by atoms with Crippen LogP contribution in [0, 0.1) is 12.7 Å². The molecule has 29 heavy (non-hydrogen) atoms. The molecule has 2 amide bonds. The number of thiophene rings is 1. The van der Waals surface area contributed by atoms with Crippen molar-refractivity contribution in [1.82, 2.24) is 10.2 Å². The topological polar surface area (TPSA) is 32.3 Å². The van der Waals surface area contributed by atoms with Crippen molar-refractivity contribution in [2.75, 3.05) is 6.54 Å². The smallest absolute Gasteiger partial charge is 0.318 e. The first-order valence-corrected chi connectivity index (χ1v) is 10.8. The fourth-order valence-electron chi connectivity index (χ4n) is 4.18. The van der Waals surface area contributed by atoms with Crippen LogP contribution in [-0.4, -0.2) is 17.5 Å². The van der Waals surface area contributed by atoms with Crippen LogP contribution in [0.5, 0.6) is 0 Å². The maximum absolute atomic E-state index is 13.5. The number of hydrogen-bond acceptors (Lipinski definition) is 2. The predicted molar refractivity (Wildman–Crippen MR) is 116 cm³/mol. The van der Waals surface area contributed by atoms with Crippen molar-refractivity contribution in [3.05, 3.63) is 92.4 Å². The van der Waals surface area contributed by atoms with E-state index < -0.39 is 0 Å². The lowest BCUT2D eigenvalue weighted by atomic mass is 9.92. The van der Waals surface area contributed by atoms with Crippen molar-refractivity contribution in [2.24, 2.45) is 0 Å². The Morgan fingerprint density at radius 1 is 1.17 bits per heavy atom. The Labute approximate surface area is 175 Å². The molecule has 1 atom stereocenters. The molecule has 150 valence electrons. The molecule has 0 fully saturated rings. The first-order chi connectivity index (χ1) is 14.1. The zero-order chi connectivity index (χ0) is 20.4. The van der Waals surface area contributed by atoms with Crippen LogP contribution in [-0.2, 0) is 19.4 Å². The van der Waals surface area contributed by atoms with Gasteiger partial charge in [-0.25, -0.2) is 9.18 Å². The van der Waals surface area contributed by atoms with Gasteiger partial charge in [0.1, 0.15) is 5.82 Å². The Bertz CT molecular complexity index is 998. The highest BCUT2D eigenvalue weighted by Crippen LogP contribution is 2.42. The average molecular weight is 409 g/mol. The summed E-state index contributed by atoms with van der Waals surface area (Å²) in [7, 11) is 0. The lowest BCUT2D eigenvalue weighted by Crippen LogP contribution is -2.45. The molecule has 1 aromatic heterocycles. The van der Waals surface area contributed by atoms with E-state index in [1.165, 1.54) is 33.0 Å². The fourth-order valence-corrected chi connectivity index (χ4v) is 5.62. The van der Waals surface area contributed by atoms with Crippen LogP contribution in [0.3, 0.4) is 0 Å². The van der Waals surface area contributed by atoms with Gasteiger partial charge in [0.05, 0.1) is 6.04 Å². The van der Waals surface area contributed by atoms with Gasteiger partial charge >= 0.3 is 6.03 Å². The van der Waals surface area contributed by atoms with Gasteiger partial charge in [-0.15, -0.1) is 11.3 Å². The summed E-state index contributed by atoms with van der Waals surface area (Å²) >= 11 is 1.77. The molecule has 5 heteroatoms. The summed E-state index contributed by atoms with van der Waals surface area (Å²) in [6.07, 6.45) is 1.85. The van der Waals surface area contributed by atoms with Gasteiger partial charge < -0.3 is 10.2 Å². The molecular formula is C24H25FN2OS. The minimum Gasteiger partial charge on any atom is -0.334 e. The van der Waals surface area contributed by atoms with Crippen molar-refractivity contribution in [3.63, 3.8) is 0 Å². The molecule has 4 rings (SSSR count). The second-order valence-corrected chi connectivity index (χ2v) is 8.63. The van der Waals surface area contributed by atoms with Crippen LogP contribution in [0.15, 0.2) is 54.6 Å². The second-order valence-electron chi connectivity index (χ2n) is 7.37. The van der Waals surface area contributed by atoms with E-state index in [9.17, 15) is 9.18 Å². The largest absolute Gasteiger partial charge is 0.334 e. The minimum absolute atomic E-state index is 0.0853. The van der Waals surface area contributed by atoms with Gasteiger partial charge in [0.25, 0.3) is 0 Å². The average Bonchev–Trinajstić information content (AvgIpc) is 3.07. The fraction of sp³-hybridized carbons (Fsp3) is 0.292. The monoisotopic (exact) mass is 408 g/mol. The SMILES string of the molecule is CCc1c(C)sc2c1CCN(C(=O)NCc1ccccc1)[C@H]2c1ccc(F)cc1. The van der Waals surface area contributed by atoms with Crippen molar-refractivity contribution >= 4 is 17.4 Å². The molecule has 0 unspecified atom stereocenters. The highest BCUT2D eigenvalue weighted by molar-refractivity contribution is 7.12. The Morgan fingerprint density at radius 2 is 1.90 bits per heavy atom. The van der Waals surface area contributed by atoms with Crippen LogP contribution in [0.2, 0.25) is 0 Å². The molecule has 0 radical (unpaired) electrons. The molecule has 0 saturated heterocycles. The number of fused-ring (bicyclic) bond motifs is 1. The molecule has 0 saturated carbocycles. The zero-order valence-electron chi connectivity index (χ0n) is 16.7. The van der Waals surface area contributed by atoms with E-state index >= 15 is 0 Å². The lowest BCUT2D eigenvalue weighted by Gasteiger charge is -2.36. The van der Waals surface area contributed by atoms with Gasteiger partial charge in [-0.3, -0.25) is 0 Å². The molecule has 2 aromatic carbocycles. The summed E-state index contributed by atoms with van der Waals surface area (Å²) in [5.41, 5.74) is 4.79. The number of aryl methyl sites for hydroxylation is 1. The van der Waals surface area contributed by atoms with Crippen molar-refractivity contribution in [2.45, 2.75) is 39.3 Å². The van der Waals surface area contributed by atoms with E-state index in [1.807, 2.05) is 35.2 Å². The van der Waals surface area contributed by atoms with Crippen molar-refractivity contribution in [3.8, 4) is 0 Å². The molecule has 0 aliphatic carbocycles. The highest BCUT2D eigenvalue weighted by atomic mass is 32.1. The molecule has 0 spiro atoms. The normalized spacial score (nSPS) is 15.8. The predicted octanol–water partition coefficient (Wildman–Crippen LogP) is 5.62. The molecular weight excluding hydrogens is 383 g/mol. The van der Waals surface area contributed by atoms with Crippen LogP contribution in [0.25, 0.3) is 0 Å². The van der Waals surface area contributed by atoms with E-state index in [4.69, 9.17) is 0 Å². The molecule has 3 nitrogen and oxygen atoms in total. The number of nitrogens with one attached hydrogen (secondary N) is 1. The van der Waals surface area contributed by atoms with E-state index in [-0.39, 0.29) is 17.9 Å². The van der Waals surface area contributed by atoms with Crippen LogP contribution in [0.4, 0.5) is 9.18 Å². The first-order valence-electron chi connectivity index (χ1n) is 10.0. The van der Waals surface area contributed by atoms with Crippen molar-refractivity contribution < 1.29 is 9.18 Å². The lowest BCUT2D eigenvalue weighted by molar-refractivity contribution is 0.181. The van der Waals surface area contributed by atoms with Gasteiger partial charge in [-0.1, -0.05) is 49.4 Å². The van der Waals surface area contributed by atoms with Crippen LogP contribution < -0.4 is 5.32 Å². The van der Waals surface area contributed by atoms with Crippen LogP contribution >= 0.6 is 11.3 Å². The van der Waals surface area contributed by atoms with Gasteiger partial charge in [-0.2, -0.15) is 0 Å². The summed E-state index contributed by atoms with van der Waals surface area (Å²) in [4.78, 5) is 17.6. The molecule has 1 aliphatic heterocycles. The number of carbonyl (C=O) groups is 1. The molecule has 3 aromatic rings. The maximum Gasteiger partial charge on any atom is 0.318 e.